The van der Waals surface area contributed by atoms with Crippen LogP contribution in [0.1, 0.15) is 15.9 Å². The smallest absolute Gasteiger partial charge is 0.277 e. The molecule has 0 atom stereocenters. The quantitative estimate of drug-likeness (QED) is 0.872. The summed E-state index contributed by atoms with van der Waals surface area (Å²) >= 11 is 5.73. The summed E-state index contributed by atoms with van der Waals surface area (Å²) in [5, 5.41) is 2.63. The van der Waals surface area contributed by atoms with E-state index in [1.807, 2.05) is 0 Å². The number of hydrogen-bond acceptors (Lipinski definition) is 2. The summed E-state index contributed by atoms with van der Waals surface area (Å²) in [7, 11) is 0. The van der Waals surface area contributed by atoms with Crippen LogP contribution in [0.4, 0.5) is 8.78 Å². The minimum atomic E-state index is -3.09. The van der Waals surface area contributed by atoms with Crippen LogP contribution < -0.4 is 11.1 Å². The molecule has 0 fully saturated rings. The van der Waals surface area contributed by atoms with Crippen LogP contribution in [0.15, 0.2) is 18.2 Å². The van der Waals surface area contributed by atoms with Crippen LogP contribution in [0.5, 0.6) is 0 Å². The van der Waals surface area contributed by atoms with Gasteiger partial charge in [-0.15, -0.1) is 0 Å². The number of rotatable bonds is 4. The highest BCUT2D eigenvalue weighted by Gasteiger charge is 2.27. The molecule has 0 bridgehead atoms. The van der Waals surface area contributed by atoms with E-state index in [0.29, 0.717) is 16.1 Å². The summed E-state index contributed by atoms with van der Waals surface area (Å²) in [6.45, 7) is 0.110. The molecule has 94 valence electrons. The van der Waals surface area contributed by atoms with Crippen LogP contribution in [-0.4, -0.2) is 24.9 Å². The third-order valence-electron chi connectivity index (χ3n) is 2.24. The van der Waals surface area contributed by atoms with Crippen molar-refractivity contribution in [1.29, 1.82) is 0 Å². The number of halogens is 3. The number of carbonyl (C=O) groups is 1. The first-order chi connectivity index (χ1) is 7.85. The standard InChI is InChI=1S/C11H13ClF2N2O/c1-7-4-8(12)2-3-9(7)10(17)16-6-11(13,14)5-15/h2-4H,5-6,15H2,1H3,(H,16,17). The second kappa shape index (κ2) is 5.42. The first-order valence-electron chi connectivity index (χ1n) is 4.98. The summed E-state index contributed by atoms with van der Waals surface area (Å²) in [6, 6.07) is 4.62. The summed E-state index contributed by atoms with van der Waals surface area (Å²) in [5.74, 6) is -3.65. The van der Waals surface area contributed by atoms with Gasteiger partial charge in [-0.25, -0.2) is 8.78 Å². The van der Waals surface area contributed by atoms with Gasteiger partial charge in [-0.1, -0.05) is 11.6 Å². The molecule has 0 radical (unpaired) electrons. The molecular formula is C11H13ClF2N2O. The fourth-order valence-electron chi connectivity index (χ4n) is 1.26. The van der Waals surface area contributed by atoms with E-state index in [1.54, 1.807) is 13.0 Å². The van der Waals surface area contributed by atoms with Crippen molar-refractivity contribution in [3.8, 4) is 0 Å². The molecule has 0 aliphatic rings. The molecule has 0 saturated heterocycles. The van der Waals surface area contributed by atoms with Gasteiger partial charge in [0, 0.05) is 10.6 Å². The van der Waals surface area contributed by atoms with Crippen LogP contribution in [-0.2, 0) is 0 Å². The van der Waals surface area contributed by atoms with Crippen LogP contribution >= 0.6 is 11.6 Å². The predicted molar refractivity (Wildman–Crippen MR) is 62.5 cm³/mol. The fourth-order valence-corrected chi connectivity index (χ4v) is 1.49. The molecule has 0 spiro atoms. The van der Waals surface area contributed by atoms with E-state index in [9.17, 15) is 13.6 Å². The summed E-state index contributed by atoms with van der Waals surface area (Å²) in [5.41, 5.74) is 5.81. The topological polar surface area (TPSA) is 55.1 Å². The zero-order valence-corrected chi connectivity index (χ0v) is 10.0. The number of hydrogen-bond donors (Lipinski definition) is 2. The minimum absolute atomic E-state index is 0.322. The third kappa shape index (κ3) is 3.94. The molecule has 0 aliphatic carbocycles. The number of nitrogens with one attached hydrogen (secondary N) is 1. The predicted octanol–water partition coefficient (Wildman–Crippen LogP) is 1.97. The van der Waals surface area contributed by atoms with Crippen LogP contribution in [0.2, 0.25) is 5.02 Å². The molecule has 0 aliphatic heterocycles. The van der Waals surface area contributed by atoms with Gasteiger partial charge in [0.25, 0.3) is 11.8 Å². The maximum absolute atomic E-state index is 12.8. The molecular weight excluding hydrogens is 250 g/mol. The SMILES string of the molecule is Cc1cc(Cl)ccc1C(=O)NCC(F)(F)CN. The van der Waals surface area contributed by atoms with E-state index in [-0.39, 0.29) is 0 Å². The molecule has 0 unspecified atom stereocenters. The Morgan fingerprint density at radius 2 is 2.18 bits per heavy atom. The van der Waals surface area contributed by atoms with E-state index in [2.05, 4.69) is 5.32 Å². The Bertz CT molecular complexity index is 424. The minimum Gasteiger partial charge on any atom is -0.346 e. The van der Waals surface area contributed by atoms with Crippen molar-refractivity contribution < 1.29 is 13.6 Å². The summed E-state index contributed by atoms with van der Waals surface area (Å²) in [4.78, 5) is 11.6. The Labute approximate surface area is 103 Å². The van der Waals surface area contributed by atoms with Gasteiger partial charge in [0.15, 0.2) is 0 Å². The van der Waals surface area contributed by atoms with E-state index in [1.165, 1.54) is 12.1 Å². The molecule has 3 nitrogen and oxygen atoms in total. The van der Waals surface area contributed by atoms with Gasteiger partial charge in [0.05, 0.1) is 13.1 Å². The Hall–Kier alpha value is -1.20. The van der Waals surface area contributed by atoms with Crippen molar-refractivity contribution in [3.63, 3.8) is 0 Å². The van der Waals surface area contributed by atoms with Gasteiger partial charge in [-0.2, -0.15) is 0 Å². The van der Waals surface area contributed by atoms with Crippen molar-refractivity contribution in [3.05, 3.63) is 34.3 Å². The molecule has 0 saturated carbocycles. The number of nitrogens with two attached hydrogens (primary N) is 1. The molecule has 1 amide bonds. The lowest BCUT2D eigenvalue weighted by molar-refractivity contribution is 0.0118. The third-order valence-corrected chi connectivity index (χ3v) is 2.47. The normalized spacial score (nSPS) is 11.4. The fraction of sp³-hybridized carbons (Fsp3) is 0.364. The van der Waals surface area contributed by atoms with Crippen LogP contribution in [0, 0.1) is 6.92 Å². The van der Waals surface area contributed by atoms with Crippen molar-refractivity contribution in [1.82, 2.24) is 5.32 Å². The molecule has 0 aromatic heterocycles. The van der Waals surface area contributed by atoms with E-state index in [4.69, 9.17) is 17.3 Å². The van der Waals surface area contributed by atoms with E-state index < -0.39 is 24.9 Å². The van der Waals surface area contributed by atoms with E-state index in [0.717, 1.165) is 0 Å². The average molecular weight is 263 g/mol. The number of amides is 1. The summed E-state index contributed by atoms with van der Waals surface area (Å²) < 4.78 is 25.7. The molecule has 0 heterocycles. The summed E-state index contributed by atoms with van der Waals surface area (Å²) in [6.07, 6.45) is 0. The lowest BCUT2D eigenvalue weighted by Gasteiger charge is -2.15. The number of carbonyl (C=O) groups excluding carboxylic acids is 1. The van der Waals surface area contributed by atoms with Gasteiger partial charge < -0.3 is 11.1 Å². The van der Waals surface area contributed by atoms with Gasteiger partial charge in [0.1, 0.15) is 0 Å². The molecule has 6 heteroatoms. The Kier molecular flexibility index (Phi) is 4.42. The van der Waals surface area contributed by atoms with Gasteiger partial charge in [-0.3, -0.25) is 4.79 Å². The Morgan fingerprint density at radius 1 is 1.53 bits per heavy atom. The van der Waals surface area contributed by atoms with Crippen molar-refractivity contribution in [2.75, 3.05) is 13.1 Å². The second-order valence-electron chi connectivity index (χ2n) is 3.70. The zero-order chi connectivity index (χ0) is 13.1. The van der Waals surface area contributed by atoms with Crippen LogP contribution in [0.3, 0.4) is 0 Å². The van der Waals surface area contributed by atoms with Crippen LogP contribution in [0.25, 0.3) is 0 Å². The number of benzene rings is 1. The maximum Gasteiger partial charge on any atom is 0.277 e. The van der Waals surface area contributed by atoms with Gasteiger partial charge >= 0.3 is 0 Å². The van der Waals surface area contributed by atoms with Crippen molar-refractivity contribution in [2.24, 2.45) is 5.73 Å². The van der Waals surface area contributed by atoms with Gasteiger partial charge in [-0.05, 0) is 30.7 Å². The Morgan fingerprint density at radius 3 is 2.71 bits per heavy atom. The lowest BCUT2D eigenvalue weighted by atomic mass is 10.1. The highest BCUT2D eigenvalue weighted by atomic mass is 35.5. The number of alkyl halides is 2. The van der Waals surface area contributed by atoms with Crippen molar-refractivity contribution >= 4 is 17.5 Å². The maximum atomic E-state index is 12.8. The average Bonchev–Trinajstić information content (AvgIpc) is 2.26. The van der Waals surface area contributed by atoms with E-state index >= 15 is 0 Å². The monoisotopic (exact) mass is 262 g/mol. The number of aryl methyl sites for hydroxylation is 1. The Balaban J connectivity index is 2.71. The second-order valence-corrected chi connectivity index (χ2v) is 4.14. The van der Waals surface area contributed by atoms with Gasteiger partial charge in [0.2, 0.25) is 0 Å². The lowest BCUT2D eigenvalue weighted by Crippen LogP contribution is -2.41. The first-order valence-corrected chi connectivity index (χ1v) is 5.36. The molecule has 1 aromatic carbocycles. The largest absolute Gasteiger partial charge is 0.346 e. The highest BCUT2D eigenvalue weighted by Crippen LogP contribution is 2.15. The molecule has 1 aromatic rings. The molecule has 3 N–H and O–H groups in total. The first kappa shape index (κ1) is 13.9. The molecule has 1 rings (SSSR count). The zero-order valence-electron chi connectivity index (χ0n) is 9.27. The molecule has 17 heavy (non-hydrogen) atoms. The highest BCUT2D eigenvalue weighted by molar-refractivity contribution is 6.30. The van der Waals surface area contributed by atoms with Crippen molar-refractivity contribution in [2.45, 2.75) is 12.8 Å².